The van der Waals surface area contributed by atoms with E-state index in [0.29, 0.717) is 29.2 Å². The number of amides is 1. The first kappa shape index (κ1) is 20.0. The van der Waals surface area contributed by atoms with Crippen molar-refractivity contribution < 1.29 is 19.8 Å². The predicted octanol–water partition coefficient (Wildman–Crippen LogP) is 1.74. The van der Waals surface area contributed by atoms with Gasteiger partial charge in [0.15, 0.2) is 0 Å². The van der Waals surface area contributed by atoms with E-state index in [-0.39, 0.29) is 24.5 Å². The first-order chi connectivity index (χ1) is 13.5. The maximum atomic E-state index is 12.8. The van der Waals surface area contributed by atoms with E-state index < -0.39 is 17.7 Å². The molecule has 0 spiro atoms. The fourth-order valence-electron chi connectivity index (χ4n) is 3.16. The summed E-state index contributed by atoms with van der Waals surface area (Å²) in [7, 11) is 0. The highest BCUT2D eigenvalue weighted by Crippen LogP contribution is 2.38. The van der Waals surface area contributed by atoms with Gasteiger partial charge in [-0.3, -0.25) is 14.6 Å². The molecule has 1 aromatic carbocycles. The number of hydrogen-bond acceptors (Lipinski definition) is 6. The minimum absolute atomic E-state index is 0.0162. The quantitative estimate of drug-likeness (QED) is 0.282. The molecule has 1 unspecified atom stereocenters. The van der Waals surface area contributed by atoms with Crippen LogP contribution >= 0.6 is 11.6 Å². The van der Waals surface area contributed by atoms with Gasteiger partial charge in [-0.25, -0.2) is 0 Å². The third-order valence-electron chi connectivity index (χ3n) is 4.48. The lowest BCUT2D eigenvalue weighted by molar-refractivity contribution is -0.139. The maximum absolute atomic E-state index is 12.8. The molecular formula is C20H20ClN3O4. The fourth-order valence-corrected chi connectivity index (χ4v) is 3.29. The minimum atomic E-state index is -0.750. The summed E-state index contributed by atoms with van der Waals surface area (Å²) in [4.78, 5) is 30.9. The maximum Gasteiger partial charge on any atom is 0.295 e. The van der Waals surface area contributed by atoms with Crippen molar-refractivity contribution in [2.75, 3.05) is 26.2 Å². The molecule has 3 rings (SSSR count). The monoisotopic (exact) mass is 401 g/mol. The highest BCUT2D eigenvalue weighted by Gasteiger charge is 2.45. The largest absolute Gasteiger partial charge is 0.507 e. The lowest BCUT2D eigenvalue weighted by atomic mass is 9.96. The number of nitrogens with one attached hydrogen (secondary N) is 1. The Labute approximate surface area is 167 Å². The smallest absolute Gasteiger partial charge is 0.295 e. The highest BCUT2D eigenvalue weighted by molar-refractivity contribution is 6.46. The lowest BCUT2D eigenvalue weighted by Gasteiger charge is -2.25. The van der Waals surface area contributed by atoms with Crippen molar-refractivity contribution in [2.45, 2.75) is 6.04 Å². The van der Waals surface area contributed by atoms with Crippen molar-refractivity contribution in [1.29, 1.82) is 0 Å². The van der Waals surface area contributed by atoms with Crippen molar-refractivity contribution in [3.63, 3.8) is 0 Å². The van der Waals surface area contributed by atoms with E-state index in [2.05, 4.69) is 10.3 Å². The Morgan fingerprint density at radius 2 is 1.93 bits per heavy atom. The molecule has 28 heavy (non-hydrogen) atoms. The van der Waals surface area contributed by atoms with E-state index in [1.807, 2.05) is 0 Å². The van der Waals surface area contributed by atoms with Crippen LogP contribution < -0.4 is 5.32 Å². The number of benzene rings is 1. The lowest BCUT2D eigenvalue weighted by Crippen LogP contribution is -2.36. The molecule has 0 bridgehead atoms. The van der Waals surface area contributed by atoms with Crippen LogP contribution in [0.2, 0.25) is 5.02 Å². The molecule has 1 fully saturated rings. The predicted molar refractivity (Wildman–Crippen MR) is 105 cm³/mol. The van der Waals surface area contributed by atoms with Gasteiger partial charge in [0.1, 0.15) is 5.76 Å². The molecular weight excluding hydrogens is 382 g/mol. The van der Waals surface area contributed by atoms with Gasteiger partial charge in [-0.05, 0) is 35.9 Å². The molecule has 0 aliphatic carbocycles. The number of nitrogens with zero attached hydrogens (tertiary/aromatic N) is 2. The number of halogens is 1. The van der Waals surface area contributed by atoms with Crippen molar-refractivity contribution in [2.24, 2.45) is 0 Å². The molecule has 146 valence electrons. The molecule has 1 atom stereocenters. The number of rotatable bonds is 7. The van der Waals surface area contributed by atoms with E-state index in [4.69, 9.17) is 16.7 Å². The second kappa shape index (κ2) is 8.97. The van der Waals surface area contributed by atoms with Crippen LogP contribution in [0.25, 0.3) is 5.76 Å². The van der Waals surface area contributed by atoms with Crippen LogP contribution in [-0.2, 0) is 9.59 Å². The Kier molecular flexibility index (Phi) is 6.41. The van der Waals surface area contributed by atoms with Crippen molar-refractivity contribution in [3.8, 4) is 0 Å². The van der Waals surface area contributed by atoms with Crippen LogP contribution in [0.1, 0.15) is 17.2 Å². The van der Waals surface area contributed by atoms with Crippen molar-refractivity contribution >= 4 is 29.1 Å². The average Bonchev–Trinajstić information content (AvgIpc) is 2.97. The standard InChI is InChI=1S/C20H20ClN3O4/c21-15-5-3-13(4-6-15)18(26)16-17(14-2-1-7-23-12-14)24(20(28)19(16)27)10-8-22-9-11-25/h1-7,12,17,22,25-26H,8-11H2. The van der Waals surface area contributed by atoms with Crippen LogP contribution in [0.4, 0.5) is 0 Å². The van der Waals surface area contributed by atoms with Gasteiger partial charge in [0, 0.05) is 42.6 Å². The number of aromatic nitrogens is 1. The second-order valence-corrected chi connectivity index (χ2v) is 6.70. The zero-order valence-corrected chi connectivity index (χ0v) is 15.8. The summed E-state index contributed by atoms with van der Waals surface area (Å²) >= 11 is 5.90. The van der Waals surface area contributed by atoms with E-state index >= 15 is 0 Å². The zero-order valence-electron chi connectivity index (χ0n) is 15.0. The van der Waals surface area contributed by atoms with Crippen LogP contribution in [0.15, 0.2) is 54.4 Å². The molecule has 1 aliphatic rings. The van der Waals surface area contributed by atoms with Gasteiger partial charge in [-0.1, -0.05) is 17.7 Å². The SMILES string of the molecule is O=C1C(=O)N(CCNCCO)C(c2cccnc2)C1=C(O)c1ccc(Cl)cc1. The average molecular weight is 402 g/mol. The summed E-state index contributed by atoms with van der Waals surface area (Å²) in [6.07, 6.45) is 3.16. The molecule has 8 heteroatoms. The van der Waals surface area contributed by atoms with Crippen LogP contribution in [0.5, 0.6) is 0 Å². The molecule has 3 N–H and O–H groups in total. The number of likely N-dealkylation sites (tertiary alicyclic amines) is 1. The van der Waals surface area contributed by atoms with Gasteiger partial charge in [0.2, 0.25) is 0 Å². The number of Topliss-reactive ketones (excluding diaryl/α,β-unsaturated/α-hetero) is 1. The topological polar surface area (TPSA) is 103 Å². The molecule has 7 nitrogen and oxygen atoms in total. The number of aliphatic hydroxyl groups is 2. The van der Waals surface area contributed by atoms with Gasteiger partial charge in [0.05, 0.1) is 18.2 Å². The molecule has 1 aliphatic heterocycles. The molecule has 0 radical (unpaired) electrons. The Bertz CT molecular complexity index is 884. The summed E-state index contributed by atoms with van der Waals surface area (Å²) in [5.74, 6) is -1.69. The molecule has 2 heterocycles. The molecule has 0 saturated carbocycles. The number of hydrogen-bond donors (Lipinski definition) is 3. The first-order valence-corrected chi connectivity index (χ1v) is 9.18. The van der Waals surface area contributed by atoms with Gasteiger partial charge in [-0.15, -0.1) is 0 Å². The fraction of sp³-hybridized carbons (Fsp3) is 0.250. The number of aliphatic hydroxyl groups excluding tert-OH is 2. The summed E-state index contributed by atoms with van der Waals surface area (Å²) in [5.41, 5.74) is 1.04. The van der Waals surface area contributed by atoms with Crippen LogP contribution in [-0.4, -0.2) is 58.0 Å². The Morgan fingerprint density at radius 3 is 2.57 bits per heavy atom. The zero-order chi connectivity index (χ0) is 20.1. The van der Waals surface area contributed by atoms with E-state index in [1.54, 1.807) is 48.8 Å². The van der Waals surface area contributed by atoms with Gasteiger partial charge >= 0.3 is 0 Å². The number of carbonyl (C=O) groups excluding carboxylic acids is 2. The number of pyridine rings is 1. The third kappa shape index (κ3) is 4.06. The third-order valence-corrected chi connectivity index (χ3v) is 4.73. The summed E-state index contributed by atoms with van der Waals surface area (Å²) in [6.45, 7) is 0.987. The Hall–Kier alpha value is -2.74. The minimum Gasteiger partial charge on any atom is -0.507 e. The molecule has 2 aromatic rings. The Morgan fingerprint density at radius 1 is 1.18 bits per heavy atom. The van der Waals surface area contributed by atoms with Crippen molar-refractivity contribution in [1.82, 2.24) is 15.2 Å². The molecule has 1 amide bonds. The number of carbonyl (C=O) groups is 2. The van der Waals surface area contributed by atoms with E-state index in [1.165, 1.54) is 4.90 Å². The first-order valence-electron chi connectivity index (χ1n) is 8.80. The van der Waals surface area contributed by atoms with Gasteiger partial charge < -0.3 is 20.4 Å². The Balaban J connectivity index is 2.03. The summed E-state index contributed by atoms with van der Waals surface area (Å²) < 4.78 is 0. The normalized spacial score (nSPS) is 18.6. The molecule has 1 aromatic heterocycles. The van der Waals surface area contributed by atoms with Crippen LogP contribution in [0.3, 0.4) is 0 Å². The van der Waals surface area contributed by atoms with E-state index in [9.17, 15) is 14.7 Å². The molecule has 1 saturated heterocycles. The van der Waals surface area contributed by atoms with Crippen molar-refractivity contribution in [3.05, 3.63) is 70.5 Å². The highest BCUT2D eigenvalue weighted by atomic mass is 35.5. The van der Waals surface area contributed by atoms with Gasteiger partial charge in [-0.2, -0.15) is 0 Å². The number of ketones is 1. The summed E-state index contributed by atoms with van der Waals surface area (Å²) in [5, 5.41) is 23.2. The van der Waals surface area contributed by atoms with Crippen LogP contribution in [0, 0.1) is 0 Å². The summed E-state index contributed by atoms with van der Waals surface area (Å²) in [6, 6.07) is 9.10. The van der Waals surface area contributed by atoms with Gasteiger partial charge in [0.25, 0.3) is 11.7 Å². The van der Waals surface area contributed by atoms with E-state index in [0.717, 1.165) is 0 Å². The second-order valence-electron chi connectivity index (χ2n) is 6.26.